The normalized spacial score (nSPS) is 11.4. The van der Waals surface area contributed by atoms with Crippen LogP contribution >= 0.6 is 0 Å². The molecule has 8 heteroatoms. The summed E-state index contributed by atoms with van der Waals surface area (Å²) >= 11 is 0. The van der Waals surface area contributed by atoms with Crippen molar-refractivity contribution in [1.82, 2.24) is 0 Å². The Morgan fingerprint density at radius 1 is 1.26 bits per heavy atom. The monoisotopic (exact) mass is 290 g/mol. The highest BCUT2D eigenvalue weighted by Crippen LogP contribution is 2.11. The molecule has 0 saturated carbocycles. The van der Waals surface area contributed by atoms with Gasteiger partial charge in [-0.1, -0.05) is 6.92 Å². The van der Waals surface area contributed by atoms with E-state index >= 15 is 0 Å². The summed E-state index contributed by atoms with van der Waals surface area (Å²) in [6, 6.07) is 3.27. The van der Waals surface area contributed by atoms with Crippen LogP contribution in [0.2, 0.25) is 0 Å². The molecule has 0 bridgehead atoms. The van der Waals surface area contributed by atoms with Gasteiger partial charge in [-0.2, -0.15) is 0 Å². The fraction of sp³-hybridized carbons (Fsp3) is 0.455. The zero-order chi connectivity index (χ0) is 14.5. The molecule has 0 aliphatic carbocycles. The van der Waals surface area contributed by atoms with Gasteiger partial charge in [0.05, 0.1) is 11.5 Å². The zero-order valence-corrected chi connectivity index (χ0v) is 11.4. The summed E-state index contributed by atoms with van der Waals surface area (Å²) < 4.78 is 41.1. The fourth-order valence-electron chi connectivity index (χ4n) is 1.52. The quantitative estimate of drug-likeness (QED) is 0.674. The maximum Gasteiger partial charge on any atom is 0.488 e. The van der Waals surface area contributed by atoms with Crippen molar-refractivity contribution in [2.45, 2.75) is 13.3 Å². The lowest BCUT2D eigenvalue weighted by atomic mass is 9.80. The molecule has 0 unspecified atom stereocenters. The van der Waals surface area contributed by atoms with Crippen molar-refractivity contribution in [3.8, 4) is 5.75 Å². The van der Waals surface area contributed by atoms with Crippen LogP contribution < -0.4 is 10.2 Å². The first-order chi connectivity index (χ1) is 8.84. The summed E-state index contributed by atoms with van der Waals surface area (Å²) in [5.41, 5.74) is -0.0496. The molecular weight excluding hydrogens is 274 g/mol. The van der Waals surface area contributed by atoms with Crippen molar-refractivity contribution in [2.75, 3.05) is 18.1 Å². The van der Waals surface area contributed by atoms with Crippen LogP contribution in [0.1, 0.15) is 13.3 Å². The number of rotatable bonds is 7. The van der Waals surface area contributed by atoms with Crippen molar-refractivity contribution < 1.29 is 27.6 Å². The van der Waals surface area contributed by atoms with Gasteiger partial charge in [-0.15, -0.1) is 0 Å². The van der Waals surface area contributed by atoms with Gasteiger partial charge in [-0.3, -0.25) is 0 Å². The molecule has 0 spiro atoms. The van der Waals surface area contributed by atoms with E-state index in [-0.39, 0.29) is 29.3 Å². The molecule has 5 nitrogen and oxygen atoms in total. The van der Waals surface area contributed by atoms with Gasteiger partial charge in [0.2, 0.25) is 0 Å². The summed E-state index contributed by atoms with van der Waals surface area (Å²) in [6.07, 6.45) is 0.531. The standard InChI is InChI=1S/C11H16BFO5S/c1-2-4-19(16,17)5-3-18-11-7-9(12(14)15)6-10(13)8-11/h6-8,14-15H,2-5H2,1H3. The van der Waals surface area contributed by atoms with Crippen LogP contribution in [-0.2, 0) is 9.84 Å². The van der Waals surface area contributed by atoms with Crippen molar-refractivity contribution in [3.63, 3.8) is 0 Å². The molecule has 0 amide bonds. The Balaban J connectivity index is 2.63. The van der Waals surface area contributed by atoms with E-state index < -0.39 is 22.8 Å². The van der Waals surface area contributed by atoms with Crippen molar-refractivity contribution in [1.29, 1.82) is 0 Å². The molecule has 0 heterocycles. The van der Waals surface area contributed by atoms with E-state index in [9.17, 15) is 12.8 Å². The zero-order valence-electron chi connectivity index (χ0n) is 10.5. The number of ether oxygens (including phenoxy) is 1. The third-order valence-electron chi connectivity index (χ3n) is 2.37. The van der Waals surface area contributed by atoms with Gasteiger partial charge in [-0.05, 0) is 24.0 Å². The maximum atomic E-state index is 13.1. The first-order valence-electron chi connectivity index (χ1n) is 5.84. The maximum absolute atomic E-state index is 13.1. The second kappa shape index (κ2) is 6.88. The lowest BCUT2D eigenvalue weighted by Gasteiger charge is -2.08. The highest BCUT2D eigenvalue weighted by Gasteiger charge is 2.14. The molecule has 0 radical (unpaired) electrons. The van der Waals surface area contributed by atoms with E-state index in [0.29, 0.717) is 6.42 Å². The molecule has 19 heavy (non-hydrogen) atoms. The Bertz CT molecular complexity index is 518. The largest absolute Gasteiger partial charge is 0.492 e. The van der Waals surface area contributed by atoms with Crippen LogP contribution in [0.25, 0.3) is 0 Å². The molecule has 1 rings (SSSR count). The first-order valence-corrected chi connectivity index (χ1v) is 7.66. The summed E-state index contributed by atoms with van der Waals surface area (Å²) in [6.45, 7) is 1.66. The number of sulfone groups is 1. The molecule has 1 aromatic rings. The third kappa shape index (κ3) is 5.58. The van der Waals surface area contributed by atoms with Crippen LogP contribution in [-0.4, -0.2) is 43.7 Å². The smallest absolute Gasteiger partial charge is 0.488 e. The van der Waals surface area contributed by atoms with Gasteiger partial charge in [0.1, 0.15) is 18.2 Å². The Hall–Kier alpha value is -1.12. The minimum atomic E-state index is -3.16. The molecule has 0 atom stereocenters. The van der Waals surface area contributed by atoms with E-state index in [0.717, 1.165) is 12.1 Å². The third-order valence-corrected chi connectivity index (χ3v) is 4.19. The van der Waals surface area contributed by atoms with Gasteiger partial charge in [0, 0.05) is 6.07 Å². The summed E-state index contributed by atoms with van der Waals surface area (Å²) in [5, 5.41) is 17.9. The average molecular weight is 290 g/mol. The molecule has 0 aromatic heterocycles. The van der Waals surface area contributed by atoms with Crippen LogP contribution in [0, 0.1) is 5.82 Å². The Morgan fingerprint density at radius 3 is 2.53 bits per heavy atom. The Morgan fingerprint density at radius 2 is 1.95 bits per heavy atom. The summed E-state index contributed by atoms with van der Waals surface area (Å²) in [7, 11) is -4.96. The van der Waals surface area contributed by atoms with Gasteiger partial charge in [0.25, 0.3) is 0 Å². The molecule has 0 fully saturated rings. The highest BCUT2D eigenvalue weighted by atomic mass is 32.2. The van der Waals surface area contributed by atoms with E-state index in [4.69, 9.17) is 14.8 Å². The van der Waals surface area contributed by atoms with Crippen LogP contribution in [0.3, 0.4) is 0 Å². The van der Waals surface area contributed by atoms with Gasteiger partial charge in [0.15, 0.2) is 9.84 Å². The molecule has 106 valence electrons. The van der Waals surface area contributed by atoms with Crippen LogP contribution in [0.5, 0.6) is 5.75 Å². The lowest BCUT2D eigenvalue weighted by Crippen LogP contribution is -2.30. The highest BCUT2D eigenvalue weighted by molar-refractivity contribution is 7.91. The fourth-order valence-corrected chi connectivity index (χ4v) is 2.68. The number of hydrogen-bond acceptors (Lipinski definition) is 5. The second-order valence-electron chi connectivity index (χ2n) is 4.09. The molecular formula is C11H16BFO5S. The van der Waals surface area contributed by atoms with Crippen molar-refractivity contribution in [2.24, 2.45) is 0 Å². The molecule has 2 N–H and O–H groups in total. The van der Waals surface area contributed by atoms with Gasteiger partial charge >= 0.3 is 7.12 Å². The minimum Gasteiger partial charge on any atom is -0.492 e. The predicted octanol–water partition coefficient (Wildman–Crippen LogP) is -0.291. The second-order valence-corrected chi connectivity index (χ2v) is 6.40. The number of hydrogen-bond donors (Lipinski definition) is 2. The van der Waals surface area contributed by atoms with Gasteiger partial charge < -0.3 is 14.8 Å². The SMILES string of the molecule is CCCS(=O)(=O)CCOc1cc(F)cc(B(O)O)c1. The lowest BCUT2D eigenvalue weighted by molar-refractivity contribution is 0.338. The number of benzene rings is 1. The topological polar surface area (TPSA) is 83.8 Å². The molecule has 1 aromatic carbocycles. The minimum absolute atomic E-state index is 0.0496. The van der Waals surface area contributed by atoms with E-state index in [1.165, 1.54) is 6.07 Å². The Labute approximate surface area is 112 Å². The van der Waals surface area contributed by atoms with Crippen LogP contribution in [0.15, 0.2) is 18.2 Å². The van der Waals surface area contributed by atoms with Gasteiger partial charge in [-0.25, -0.2) is 12.8 Å². The molecule has 0 aliphatic heterocycles. The van der Waals surface area contributed by atoms with E-state index in [1.807, 2.05) is 0 Å². The van der Waals surface area contributed by atoms with Crippen LogP contribution in [0.4, 0.5) is 4.39 Å². The van der Waals surface area contributed by atoms with E-state index in [1.54, 1.807) is 6.92 Å². The average Bonchev–Trinajstić information content (AvgIpc) is 2.27. The predicted molar refractivity (Wildman–Crippen MR) is 70.7 cm³/mol. The number of halogens is 1. The van der Waals surface area contributed by atoms with E-state index in [2.05, 4.69) is 0 Å². The summed E-state index contributed by atoms with van der Waals surface area (Å²) in [5.74, 6) is -0.694. The molecule has 0 saturated heterocycles. The first kappa shape index (κ1) is 15.9. The van der Waals surface area contributed by atoms with Crippen molar-refractivity contribution >= 4 is 22.4 Å². The Kier molecular flexibility index (Phi) is 5.77. The van der Waals surface area contributed by atoms with Crippen molar-refractivity contribution in [3.05, 3.63) is 24.0 Å². The molecule has 0 aliphatic rings. The summed E-state index contributed by atoms with van der Waals surface area (Å²) in [4.78, 5) is 0.